The van der Waals surface area contributed by atoms with Gasteiger partial charge in [0, 0.05) is 10.9 Å². The van der Waals surface area contributed by atoms with E-state index in [1.165, 1.54) is 23.3 Å². The molecular weight excluding hydrogens is 269 g/mol. The van der Waals surface area contributed by atoms with Gasteiger partial charge >= 0.3 is 0 Å². The molecule has 1 aliphatic heterocycles. The molecule has 20 heavy (non-hydrogen) atoms. The van der Waals surface area contributed by atoms with Gasteiger partial charge in [-0.2, -0.15) is 0 Å². The number of nitrogens with one attached hydrogen (secondary N) is 1. The maximum absolute atomic E-state index is 13.5. The summed E-state index contributed by atoms with van der Waals surface area (Å²) in [6.07, 6.45) is 8.61. The normalized spacial score (nSPS) is 34.5. The van der Waals surface area contributed by atoms with E-state index < -0.39 is 0 Å². The van der Waals surface area contributed by atoms with E-state index >= 15 is 0 Å². The first-order chi connectivity index (χ1) is 9.79. The highest BCUT2D eigenvalue weighted by molar-refractivity contribution is 7.99. The quantitative estimate of drug-likeness (QED) is 0.838. The number of thioether (sulfide) groups is 1. The molecule has 1 N–H and O–H groups in total. The Labute approximate surface area is 124 Å². The molecular formula is C17H20FNS. The molecule has 1 nitrogen and oxygen atoms in total. The summed E-state index contributed by atoms with van der Waals surface area (Å²) < 4.78 is 13.5. The maximum Gasteiger partial charge on any atom is 0.123 e. The number of halogens is 1. The van der Waals surface area contributed by atoms with Gasteiger partial charge in [-0.25, -0.2) is 4.39 Å². The molecule has 1 aromatic rings. The SMILES string of the molecule is Fc1ccc2c(c1)C(NCC1CC3C=CC1C3)CCS2. The fourth-order valence-corrected chi connectivity index (χ4v) is 5.11. The summed E-state index contributed by atoms with van der Waals surface area (Å²) in [7, 11) is 0. The number of hydrogen-bond donors (Lipinski definition) is 1. The van der Waals surface area contributed by atoms with Crippen LogP contribution < -0.4 is 5.32 Å². The minimum absolute atomic E-state index is 0.110. The Kier molecular flexibility index (Phi) is 3.35. The summed E-state index contributed by atoms with van der Waals surface area (Å²) in [6, 6.07) is 5.57. The maximum atomic E-state index is 13.5. The predicted octanol–water partition coefficient (Wildman–Crippen LogP) is 4.16. The van der Waals surface area contributed by atoms with Gasteiger partial charge in [-0.15, -0.1) is 11.8 Å². The van der Waals surface area contributed by atoms with E-state index in [0.717, 1.165) is 36.5 Å². The second kappa shape index (κ2) is 5.19. The van der Waals surface area contributed by atoms with Crippen LogP contribution >= 0.6 is 11.8 Å². The first-order valence-electron chi connectivity index (χ1n) is 7.63. The topological polar surface area (TPSA) is 12.0 Å². The fraction of sp³-hybridized carbons (Fsp3) is 0.529. The van der Waals surface area contributed by atoms with Gasteiger partial charge in [-0.05, 0) is 73.1 Å². The van der Waals surface area contributed by atoms with E-state index in [4.69, 9.17) is 0 Å². The lowest BCUT2D eigenvalue weighted by Gasteiger charge is -2.28. The molecule has 3 heteroatoms. The third-order valence-corrected chi connectivity index (χ3v) is 6.18. The molecule has 0 aromatic heterocycles. The molecule has 2 aliphatic carbocycles. The summed E-state index contributed by atoms with van der Waals surface area (Å²) in [5.74, 6) is 3.43. The average molecular weight is 289 g/mol. The van der Waals surface area contributed by atoms with Gasteiger partial charge in [-0.3, -0.25) is 0 Å². The molecule has 106 valence electrons. The van der Waals surface area contributed by atoms with E-state index in [9.17, 15) is 4.39 Å². The number of rotatable bonds is 3. The van der Waals surface area contributed by atoms with Gasteiger partial charge in [0.05, 0.1) is 0 Å². The number of fused-ring (bicyclic) bond motifs is 3. The van der Waals surface area contributed by atoms with Crippen molar-refractivity contribution in [1.82, 2.24) is 5.32 Å². The highest BCUT2D eigenvalue weighted by Gasteiger charge is 2.35. The minimum Gasteiger partial charge on any atom is -0.310 e. The summed E-state index contributed by atoms with van der Waals surface area (Å²) >= 11 is 1.85. The van der Waals surface area contributed by atoms with Crippen LogP contribution in [0.1, 0.15) is 30.9 Å². The third-order valence-electron chi connectivity index (χ3n) is 5.05. The molecule has 4 unspecified atom stereocenters. The van der Waals surface area contributed by atoms with Gasteiger partial charge in [0.25, 0.3) is 0 Å². The van der Waals surface area contributed by atoms with Crippen molar-refractivity contribution in [2.45, 2.75) is 30.2 Å². The number of benzene rings is 1. The Hall–Kier alpha value is -0.800. The van der Waals surface area contributed by atoms with Crippen LogP contribution in [0.4, 0.5) is 4.39 Å². The van der Waals surface area contributed by atoms with Crippen LogP contribution in [0.15, 0.2) is 35.2 Å². The monoisotopic (exact) mass is 289 g/mol. The van der Waals surface area contributed by atoms with E-state index in [1.807, 2.05) is 17.8 Å². The van der Waals surface area contributed by atoms with Crippen molar-refractivity contribution >= 4 is 11.8 Å². The molecule has 0 amide bonds. The van der Waals surface area contributed by atoms with E-state index in [-0.39, 0.29) is 5.82 Å². The largest absolute Gasteiger partial charge is 0.310 e. The van der Waals surface area contributed by atoms with Crippen molar-refractivity contribution in [3.05, 3.63) is 41.7 Å². The van der Waals surface area contributed by atoms with E-state index in [0.29, 0.717) is 6.04 Å². The average Bonchev–Trinajstić information content (AvgIpc) is 3.07. The molecule has 0 spiro atoms. The Morgan fingerprint density at radius 3 is 3.00 bits per heavy atom. The van der Waals surface area contributed by atoms with Gasteiger partial charge in [0.15, 0.2) is 0 Å². The fourth-order valence-electron chi connectivity index (χ4n) is 4.00. The van der Waals surface area contributed by atoms with Gasteiger partial charge in [0.1, 0.15) is 5.82 Å². The van der Waals surface area contributed by atoms with Crippen molar-refractivity contribution in [3.63, 3.8) is 0 Å². The summed E-state index contributed by atoms with van der Waals surface area (Å²) in [5, 5.41) is 3.72. The lowest BCUT2D eigenvalue weighted by Crippen LogP contribution is -2.31. The number of allylic oxidation sites excluding steroid dienone is 2. The second-order valence-corrected chi connectivity index (χ2v) is 7.46. The zero-order valence-electron chi connectivity index (χ0n) is 11.5. The molecule has 1 heterocycles. The lowest BCUT2D eigenvalue weighted by molar-refractivity contribution is 0.378. The van der Waals surface area contributed by atoms with Crippen LogP contribution in [-0.2, 0) is 0 Å². The molecule has 0 radical (unpaired) electrons. The van der Waals surface area contributed by atoms with Gasteiger partial charge in [0.2, 0.25) is 0 Å². The Balaban J connectivity index is 1.45. The Morgan fingerprint density at radius 2 is 2.20 bits per heavy atom. The first-order valence-corrected chi connectivity index (χ1v) is 8.62. The molecule has 4 atom stereocenters. The lowest BCUT2D eigenvalue weighted by atomic mass is 9.92. The van der Waals surface area contributed by atoms with Crippen molar-refractivity contribution in [2.24, 2.45) is 17.8 Å². The Morgan fingerprint density at radius 1 is 1.25 bits per heavy atom. The zero-order valence-corrected chi connectivity index (χ0v) is 12.3. The van der Waals surface area contributed by atoms with Crippen LogP contribution in [0, 0.1) is 23.6 Å². The second-order valence-electron chi connectivity index (χ2n) is 6.32. The van der Waals surface area contributed by atoms with Crippen molar-refractivity contribution in [1.29, 1.82) is 0 Å². The molecule has 1 saturated carbocycles. The smallest absolute Gasteiger partial charge is 0.123 e. The number of hydrogen-bond acceptors (Lipinski definition) is 2. The molecule has 4 rings (SSSR count). The van der Waals surface area contributed by atoms with Crippen LogP contribution in [0.25, 0.3) is 0 Å². The standard InChI is InChI=1S/C17H20FNS/c18-14-3-4-17-15(9-14)16(5-6-20-17)19-10-13-8-11-1-2-12(13)7-11/h1-4,9,11-13,16,19H,5-8,10H2. The molecule has 3 aliphatic rings. The minimum atomic E-state index is -0.110. The van der Waals surface area contributed by atoms with Crippen molar-refractivity contribution < 1.29 is 4.39 Å². The zero-order chi connectivity index (χ0) is 13.5. The van der Waals surface area contributed by atoms with Crippen LogP contribution in [-0.4, -0.2) is 12.3 Å². The first kappa shape index (κ1) is 12.9. The molecule has 2 bridgehead atoms. The molecule has 1 fully saturated rings. The Bertz CT molecular complexity index is 542. The highest BCUT2D eigenvalue weighted by atomic mass is 32.2. The summed E-state index contributed by atoms with van der Waals surface area (Å²) in [5.41, 5.74) is 1.17. The van der Waals surface area contributed by atoms with Crippen LogP contribution in [0.5, 0.6) is 0 Å². The predicted molar refractivity (Wildman–Crippen MR) is 81.3 cm³/mol. The molecule has 1 aromatic carbocycles. The van der Waals surface area contributed by atoms with Crippen LogP contribution in [0.3, 0.4) is 0 Å². The molecule has 0 saturated heterocycles. The van der Waals surface area contributed by atoms with Crippen molar-refractivity contribution in [3.8, 4) is 0 Å². The van der Waals surface area contributed by atoms with E-state index in [2.05, 4.69) is 17.5 Å². The highest BCUT2D eigenvalue weighted by Crippen LogP contribution is 2.43. The van der Waals surface area contributed by atoms with Crippen molar-refractivity contribution in [2.75, 3.05) is 12.3 Å². The summed E-state index contributed by atoms with van der Waals surface area (Å²) in [4.78, 5) is 1.25. The summed E-state index contributed by atoms with van der Waals surface area (Å²) in [6.45, 7) is 1.08. The third kappa shape index (κ3) is 2.31. The van der Waals surface area contributed by atoms with Gasteiger partial charge < -0.3 is 5.32 Å². The van der Waals surface area contributed by atoms with E-state index in [1.54, 1.807) is 12.1 Å². The van der Waals surface area contributed by atoms with Crippen LogP contribution in [0.2, 0.25) is 0 Å². The van der Waals surface area contributed by atoms with Gasteiger partial charge in [-0.1, -0.05) is 12.2 Å².